The van der Waals surface area contributed by atoms with E-state index in [1.54, 1.807) is 11.3 Å². The topological polar surface area (TPSA) is 29.6 Å². The van der Waals surface area contributed by atoms with Gasteiger partial charge < -0.3 is 4.57 Å². The lowest BCUT2D eigenvalue weighted by Crippen LogP contribution is -2.10. The summed E-state index contributed by atoms with van der Waals surface area (Å²) in [6, 6.07) is 10.4. The highest BCUT2D eigenvalue weighted by Gasteiger charge is 2.08. The van der Waals surface area contributed by atoms with E-state index >= 15 is 0 Å². The quantitative estimate of drug-likeness (QED) is 0.585. The minimum absolute atomic E-state index is 0.924. The molecule has 18 heavy (non-hydrogen) atoms. The van der Waals surface area contributed by atoms with Crippen LogP contribution >= 0.6 is 11.3 Å². The molecule has 0 atom stereocenters. The molecule has 0 bridgehead atoms. The van der Waals surface area contributed by atoms with E-state index in [2.05, 4.69) is 46.0 Å². The molecule has 0 aliphatic rings. The highest BCUT2D eigenvalue weighted by molar-refractivity contribution is 7.13. The van der Waals surface area contributed by atoms with Crippen LogP contribution in [0.2, 0.25) is 0 Å². The third-order valence-corrected chi connectivity index (χ3v) is 3.96. The van der Waals surface area contributed by atoms with Gasteiger partial charge >= 0.3 is 0 Å². The van der Waals surface area contributed by atoms with E-state index in [0.717, 1.165) is 10.5 Å². The molecule has 0 N–H and O–H groups in total. The second-order valence-electron chi connectivity index (χ2n) is 4.37. The summed E-state index contributed by atoms with van der Waals surface area (Å²) in [4.78, 5) is 2.17. The molecule has 1 aromatic heterocycles. The van der Waals surface area contributed by atoms with Gasteiger partial charge in [0.1, 0.15) is 0 Å². The molecular weight excluding hydrogens is 242 g/mol. The van der Waals surface area contributed by atoms with Gasteiger partial charge in [0, 0.05) is 18.5 Å². The molecule has 2 rings (SSSR count). The van der Waals surface area contributed by atoms with Crippen LogP contribution in [0.3, 0.4) is 0 Å². The number of hydrogen-bond acceptors (Lipinski definition) is 3. The van der Waals surface area contributed by atoms with Crippen LogP contribution < -0.4 is 4.80 Å². The van der Waals surface area contributed by atoms with E-state index in [0.29, 0.717) is 0 Å². The molecule has 0 spiro atoms. The monoisotopic (exact) mass is 259 g/mol. The second kappa shape index (κ2) is 5.31. The van der Waals surface area contributed by atoms with Crippen molar-refractivity contribution < 1.29 is 0 Å². The first kappa shape index (κ1) is 12.8. The van der Waals surface area contributed by atoms with Gasteiger partial charge in [-0.2, -0.15) is 5.10 Å². The van der Waals surface area contributed by atoms with Crippen LogP contribution in [0.25, 0.3) is 10.4 Å². The van der Waals surface area contributed by atoms with Crippen molar-refractivity contribution in [3.8, 4) is 10.4 Å². The molecule has 0 unspecified atom stereocenters. The second-order valence-corrected chi connectivity index (χ2v) is 5.35. The molecule has 2 aromatic rings. The zero-order valence-corrected chi connectivity index (χ0v) is 12.0. The summed E-state index contributed by atoms with van der Waals surface area (Å²) in [5.41, 5.74) is 3.41. The van der Waals surface area contributed by atoms with Crippen molar-refractivity contribution in [2.75, 3.05) is 0 Å². The summed E-state index contributed by atoms with van der Waals surface area (Å²) in [7, 11) is 2.03. The molecule has 4 heteroatoms. The lowest BCUT2D eigenvalue weighted by Gasteiger charge is -1.99. The third-order valence-electron chi connectivity index (χ3n) is 2.68. The summed E-state index contributed by atoms with van der Waals surface area (Å²) >= 11 is 1.67. The van der Waals surface area contributed by atoms with E-state index in [1.807, 2.05) is 27.0 Å². The maximum atomic E-state index is 4.28. The van der Waals surface area contributed by atoms with Crippen molar-refractivity contribution in [1.82, 2.24) is 4.57 Å². The first-order valence-corrected chi connectivity index (χ1v) is 6.68. The molecule has 0 saturated carbocycles. The summed E-state index contributed by atoms with van der Waals surface area (Å²) < 4.78 is 2.08. The Labute approximate surface area is 111 Å². The van der Waals surface area contributed by atoms with Gasteiger partial charge in [-0.15, -0.1) is 5.10 Å². The number of benzene rings is 1. The summed E-state index contributed by atoms with van der Waals surface area (Å²) in [6.45, 7) is 6.00. The molecule has 0 aliphatic carbocycles. The number of rotatable bonds is 2. The predicted molar refractivity (Wildman–Crippen MR) is 77.8 cm³/mol. The molecule has 94 valence electrons. The zero-order chi connectivity index (χ0) is 13.1. The van der Waals surface area contributed by atoms with Gasteiger partial charge in [0.2, 0.25) is 4.80 Å². The average molecular weight is 259 g/mol. The Balaban J connectivity index is 2.56. The van der Waals surface area contributed by atoms with Crippen molar-refractivity contribution in [3.05, 3.63) is 40.8 Å². The van der Waals surface area contributed by atoms with Gasteiger partial charge in [-0.25, -0.2) is 0 Å². The van der Waals surface area contributed by atoms with Gasteiger partial charge in [-0.3, -0.25) is 0 Å². The van der Waals surface area contributed by atoms with E-state index < -0.39 is 0 Å². The van der Waals surface area contributed by atoms with Crippen molar-refractivity contribution >= 4 is 17.0 Å². The molecular formula is C14H17N3S. The van der Waals surface area contributed by atoms with Crippen LogP contribution in [-0.4, -0.2) is 10.3 Å². The van der Waals surface area contributed by atoms with E-state index in [4.69, 9.17) is 0 Å². The van der Waals surface area contributed by atoms with E-state index in [9.17, 15) is 0 Å². The summed E-state index contributed by atoms with van der Waals surface area (Å²) in [5, 5.41) is 8.42. The Morgan fingerprint density at radius 3 is 2.44 bits per heavy atom. The minimum Gasteiger partial charge on any atom is -0.322 e. The normalized spacial score (nSPS) is 11.7. The summed E-state index contributed by atoms with van der Waals surface area (Å²) in [6.07, 6.45) is 0. The van der Waals surface area contributed by atoms with Crippen LogP contribution in [0.5, 0.6) is 0 Å². The summed E-state index contributed by atoms with van der Waals surface area (Å²) in [5.74, 6) is 0. The fourth-order valence-corrected chi connectivity index (χ4v) is 2.69. The number of hydrogen-bond donors (Lipinski definition) is 0. The number of thiazole rings is 1. The van der Waals surface area contributed by atoms with Gasteiger partial charge in [-0.1, -0.05) is 41.7 Å². The average Bonchev–Trinajstić information content (AvgIpc) is 2.65. The number of aromatic nitrogens is 1. The first-order chi connectivity index (χ1) is 8.59. The Kier molecular flexibility index (Phi) is 3.77. The fourth-order valence-electron chi connectivity index (χ4n) is 1.62. The Morgan fingerprint density at radius 1 is 1.17 bits per heavy atom. The van der Waals surface area contributed by atoms with Gasteiger partial charge in [0.15, 0.2) is 0 Å². The fraction of sp³-hybridized carbons (Fsp3) is 0.286. The van der Waals surface area contributed by atoms with Crippen molar-refractivity contribution in [2.24, 2.45) is 17.3 Å². The van der Waals surface area contributed by atoms with Gasteiger partial charge in [-0.05, 0) is 26.3 Å². The molecule has 3 nitrogen and oxygen atoms in total. The maximum absolute atomic E-state index is 4.28. The molecule has 0 radical (unpaired) electrons. The Morgan fingerprint density at radius 2 is 1.83 bits per heavy atom. The molecule has 1 aromatic carbocycles. The molecule has 0 fully saturated rings. The molecule has 0 amide bonds. The molecule has 0 saturated heterocycles. The van der Waals surface area contributed by atoms with Crippen molar-refractivity contribution in [1.29, 1.82) is 0 Å². The standard InChI is InChI=1S/C14H17N3S/c1-10(2)15-16-14-17(4)11(3)13(18-14)12-8-6-5-7-9-12/h5-9H,1-4H3/b16-14+. The zero-order valence-electron chi connectivity index (χ0n) is 11.1. The SMILES string of the molecule is CC(C)=N/N=c1/sc(-c2ccccc2)c(C)n1C. The maximum Gasteiger partial charge on any atom is 0.211 e. The number of nitrogens with zero attached hydrogens (tertiary/aromatic N) is 3. The van der Waals surface area contributed by atoms with Crippen LogP contribution in [0.15, 0.2) is 40.5 Å². The van der Waals surface area contributed by atoms with Crippen LogP contribution in [0.4, 0.5) is 0 Å². The third kappa shape index (κ3) is 2.59. The van der Waals surface area contributed by atoms with E-state index in [-0.39, 0.29) is 0 Å². The minimum atomic E-state index is 0.924. The molecule has 1 heterocycles. The molecule has 0 aliphatic heterocycles. The largest absolute Gasteiger partial charge is 0.322 e. The predicted octanol–water partition coefficient (Wildman–Crippen LogP) is 3.36. The van der Waals surface area contributed by atoms with E-state index in [1.165, 1.54) is 16.1 Å². The lowest BCUT2D eigenvalue weighted by molar-refractivity contribution is 0.821. The first-order valence-electron chi connectivity index (χ1n) is 5.86. The highest BCUT2D eigenvalue weighted by atomic mass is 32.1. The Bertz CT molecular complexity index is 629. The highest BCUT2D eigenvalue weighted by Crippen LogP contribution is 2.25. The van der Waals surface area contributed by atoms with Gasteiger partial charge in [0.05, 0.1) is 4.88 Å². The Hall–Kier alpha value is -1.68. The van der Waals surface area contributed by atoms with Crippen molar-refractivity contribution in [2.45, 2.75) is 20.8 Å². The lowest BCUT2D eigenvalue weighted by atomic mass is 10.2. The van der Waals surface area contributed by atoms with Crippen molar-refractivity contribution in [3.63, 3.8) is 0 Å². The van der Waals surface area contributed by atoms with Gasteiger partial charge in [0.25, 0.3) is 0 Å². The smallest absolute Gasteiger partial charge is 0.211 e. The van der Waals surface area contributed by atoms with Crippen LogP contribution in [0, 0.1) is 6.92 Å². The van der Waals surface area contributed by atoms with Crippen LogP contribution in [-0.2, 0) is 7.05 Å². The van der Waals surface area contributed by atoms with Crippen LogP contribution in [0.1, 0.15) is 19.5 Å².